The molecule has 0 aliphatic rings. The van der Waals surface area contributed by atoms with Crippen LogP contribution in [0.25, 0.3) is 0 Å². The van der Waals surface area contributed by atoms with Gasteiger partial charge in [0.2, 0.25) is 0 Å². The first-order valence-corrected chi connectivity index (χ1v) is 7.17. The van der Waals surface area contributed by atoms with E-state index < -0.39 is 0 Å². The van der Waals surface area contributed by atoms with Gasteiger partial charge in [-0.25, -0.2) is 0 Å². The molecule has 0 radical (unpaired) electrons. The van der Waals surface area contributed by atoms with Gasteiger partial charge in [0.05, 0.1) is 0 Å². The minimum Gasteiger partial charge on any atom is -0.489 e. The molecule has 18 heavy (non-hydrogen) atoms. The van der Waals surface area contributed by atoms with Crippen molar-refractivity contribution in [3.8, 4) is 5.75 Å². The lowest BCUT2D eigenvalue weighted by atomic mass is 10.1. The Morgan fingerprint density at radius 1 is 1.17 bits per heavy atom. The van der Waals surface area contributed by atoms with Crippen LogP contribution in [-0.4, -0.2) is 6.04 Å². The van der Waals surface area contributed by atoms with Gasteiger partial charge in [-0.15, -0.1) is 0 Å². The van der Waals surface area contributed by atoms with Gasteiger partial charge in [-0.05, 0) is 59.9 Å². The van der Waals surface area contributed by atoms with E-state index in [9.17, 15) is 0 Å². The molecule has 0 saturated heterocycles. The summed E-state index contributed by atoms with van der Waals surface area (Å²) in [5, 5.41) is 4.17. The van der Waals surface area contributed by atoms with E-state index in [-0.39, 0.29) is 6.04 Å². The second-order valence-corrected chi connectivity index (χ2v) is 5.36. The van der Waals surface area contributed by atoms with Gasteiger partial charge in [-0.3, -0.25) is 0 Å². The molecule has 1 unspecified atom stereocenters. The van der Waals surface area contributed by atoms with Crippen LogP contribution in [0.5, 0.6) is 5.75 Å². The monoisotopic (exact) mass is 261 g/mol. The maximum absolute atomic E-state index is 5.75. The first-order valence-electron chi connectivity index (χ1n) is 6.22. The summed E-state index contributed by atoms with van der Waals surface area (Å²) in [7, 11) is 0. The summed E-state index contributed by atoms with van der Waals surface area (Å²) in [4.78, 5) is 0. The summed E-state index contributed by atoms with van der Waals surface area (Å²) in [5.74, 6) is 0.922. The molecule has 3 heteroatoms. The molecule has 2 aromatic rings. The van der Waals surface area contributed by atoms with Crippen LogP contribution in [0.2, 0.25) is 0 Å². The number of ether oxygens (including phenoxy) is 1. The van der Waals surface area contributed by atoms with Crippen molar-refractivity contribution in [2.24, 2.45) is 5.73 Å². The fourth-order valence-corrected chi connectivity index (χ4v) is 2.34. The smallest absolute Gasteiger partial charge is 0.119 e. The van der Waals surface area contributed by atoms with Gasteiger partial charge in [-0.2, -0.15) is 11.3 Å². The van der Waals surface area contributed by atoms with Crippen molar-refractivity contribution in [3.05, 3.63) is 52.2 Å². The topological polar surface area (TPSA) is 35.2 Å². The summed E-state index contributed by atoms with van der Waals surface area (Å²) >= 11 is 1.69. The minimum absolute atomic E-state index is 0.263. The number of thiophene rings is 1. The van der Waals surface area contributed by atoms with Crippen molar-refractivity contribution >= 4 is 11.3 Å². The van der Waals surface area contributed by atoms with Crippen LogP contribution in [0, 0.1) is 0 Å². The third-order valence-corrected chi connectivity index (χ3v) is 3.53. The van der Waals surface area contributed by atoms with Crippen molar-refractivity contribution in [1.29, 1.82) is 0 Å². The standard InChI is InChI=1S/C15H19NOS/c1-12(16)2-3-13-4-6-15(7-5-13)17-10-14-8-9-18-11-14/h4-9,11-12H,2-3,10,16H2,1H3. The average Bonchev–Trinajstić information content (AvgIpc) is 2.88. The second-order valence-electron chi connectivity index (χ2n) is 4.58. The molecule has 96 valence electrons. The Bertz CT molecular complexity index is 448. The van der Waals surface area contributed by atoms with E-state index in [1.807, 2.05) is 19.1 Å². The highest BCUT2D eigenvalue weighted by Crippen LogP contribution is 2.16. The van der Waals surface area contributed by atoms with E-state index in [0.717, 1.165) is 18.6 Å². The summed E-state index contributed by atoms with van der Waals surface area (Å²) in [6.07, 6.45) is 2.05. The number of nitrogens with two attached hydrogens (primary N) is 1. The molecule has 1 atom stereocenters. The van der Waals surface area contributed by atoms with E-state index in [2.05, 4.69) is 29.0 Å². The van der Waals surface area contributed by atoms with Crippen LogP contribution in [-0.2, 0) is 13.0 Å². The highest BCUT2D eigenvalue weighted by atomic mass is 32.1. The summed E-state index contributed by atoms with van der Waals surface area (Å²) < 4.78 is 5.71. The van der Waals surface area contributed by atoms with Gasteiger partial charge < -0.3 is 10.5 Å². The highest BCUT2D eigenvalue weighted by molar-refractivity contribution is 7.07. The van der Waals surface area contributed by atoms with Crippen LogP contribution in [0.15, 0.2) is 41.1 Å². The molecule has 0 spiro atoms. The van der Waals surface area contributed by atoms with Crippen LogP contribution < -0.4 is 10.5 Å². The van der Waals surface area contributed by atoms with Crippen LogP contribution in [0.1, 0.15) is 24.5 Å². The van der Waals surface area contributed by atoms with Crippen molar-refractivity contribution in [1.82, 2.24) is 0 Å². The Morgan fingerprint density at radius 3 is 2.56 bits per heavy atom. The number of rotatable bonds is 6. The number of benzene rings is 1. The van der Waals surface area contributed by atoms with Crippen molar-refractivity contribution in [2.45, 2.75) is 32.4 Å². The largest absolute Gasteiger partial charge is 0.489 e. The molecule has 1 aromatic heterocycles. The Labute approximate surface area is 112 Å². The van der Waals surface area contributed by atoms with Crippen molar-refractivity contribution in [3.63, 3.8) is 0 Å². The van der Waals surface area contributed by atoms with E-state index in [1.165, 1.54) is 11.1 Å². The molecule has 2 rings (SSSR count). The maximum Gasteiger partial charge on any atom is 0.119 e. The Kier molecular flexibility index (Phi) is 4.79. The fourth-order valence-electron chi connectivity index (χ4n) is 1.69. The van der Waals surface area contributed by atoms with E-state index in [1.54, 1.807) is 11.3 Å². The zero-order valence-corrected chi connectivity index (χ0v) is 11.5. The Balaban J connectivity index is 1.83. The fraction of sp³-hybridized carbons (Fsp3) is 0.333. The summed E-state index contributed by atoms with van der Waals surface area (Å²) in [6.45, 7) is 2.68. The van der Waals surface area contributed by atoms with Crippen LogP contribution >= 0.6 is 11.3 Å². The van der Waals surface area contributed by atoms with Gasteiger partial charge in [0, 0.05) is 6.04 Å². The number of hydrogen-bond donors (Lipinski definition) is 1. The zero-order valence-electron chi connectivity index (χ0n) is 10.6. The van der Waals surface area contributed by atoms with Gasteiger partial charge >= 0.3 is 0 Å². The number of aryl methyl sites for hydroxylation is 1. The predicted octanol–water partition coefficient (Wildman–Crippen LogP) is 3.61. The van der Waals surface area contributed by atoms with E-state index >= 15 is 0 Å². The molecule has 0 fully saturated rings. The third kappa shape index (κ3) is 4.17. The van der Waals surface area contributed by atoms with Crippen LogP contribution in [0.3, 0.4) is 0 Å². The van der Waals surface area contributed by atoms with E-state index in [4.69, 9.17) is 10.5 Å². The molecule has 0 saturated carbocycles. The molecular weight excluding hydrogens is 242 g/mol. The Hall–Kier alpha value is -1.32. The van der Waals surface area contributed by atoms with Gasteiger partial charge in [0.1, 0.15) is 12.4 Å². The molecule has 0 aliphatic heterocycles. The molecule has 2 N–H and O–H groups in total. The van der Waals surface area contributed by atoms with E-state index in [0.29, 0.717) is 6.61 Å². The predicted molar refractivity (Wildman–Crippen MR) is 77.1 cm³/mol. The SMILES string of the molecule is CC(N)CCc1ccc(OCc2ccsc2)cc1. The molecule has 0 aliphatic carbocycles. The molecule has 1 heterocycles. The molecule has 0 bridgehead atoms. The quantitative estimate of drug-likeness (QED) is 0.862. The lowest BCUT2D eigenvalue weighted by Gasteiger charge is -2.07. The summed E-state index contributed by atoms with van der Waals surface area (Å²) in [6, 6.07) is 10.6. The third-order valence-electron chi connectivity index (χ3n) is 2.80. The van der Waals surface area contributed by atoms with Gasteiger partial charge in [-0.1, -0.05) is 12.1 Å². The normalized spacial score (nSPS) is 12.3. The molecule has 2 nitrogen and oxygen atoms in total. The second kappa shape index (κ2) is 6.57. The molecule has 1 aromatic carbocycles. The summed E-state index contributed by atoms with van der Waals surface area (Å²) in [5.41, 5.74) is 8.29. The Morgan fingerprint density at radius 2 is 1.94 bits per heavy atom. The number of hydrogen-bond acceptors (Lipinski definition) is 3. The van der Waals surface area contributed by atoms with Gasteiger partial charge in [0.25, 0.3) is 0 Å². The first kappa shape index (κ1) is 13.1. The van der Waals surface area contributed by atoms with Crippen molar-refractivity contribution in [2.75, 3.05) is 0 Å². The maximum atomic E-state index is 5.75. The van der Waals surface area contributed by atoms with Crippen molar-refractivity contribution < 1.29 is 4.74 Å². The first-order chi connectivity index (χ1) is 8.74. The zero-order chi connectivity index (χ0) is 12.8. The minimum atomic E-state index is 0.263. The lowest BCUT2D eigenvalue weighted by Crippen LogP contribution is -2.15. The average molecular weight is 261 g/mol. The highest BCUT2D eigenvalue weighted by Gasteiger charge is 1.99. The molecule has 0 amide bonds. The van der Waals surface area contributed by atoms with Crippen LogP contribution in [0.4, 0.5) is 0 Å². The lowest BCUT2D eigenvalue weighted by molar-refractivity contribution is 0.306. The molecular formula is C15H19NOS. The van der Waals surface area contributed by atoms with Gasteiger partial charge in [0.15, 0.2) is 0 Å².